The second kappa shape index (κ2) is 7.70. The first kappa shape index (κ1) is 17.5. The number of nitrogens with one attached hydrogen (secondary N) is 1. The van der Waals surface area contributed by atoms with Crippen molar-refractivity contribution in [3.8, 4) is 5.75 Å². The summed E-state index contributed by atoms with van der Waals surface area (Å²) in [5.41, 5.74) is 2.36. The largest absolute Gasteiger partial charge is 0.482 e. The van der Waals surface area contributed by atoms with Gasteiger partial charge in [0.1, 0.15) is 5.75 Å². The van der Waals surface area contributed by atoms with Gasteiger partial charge in [-0.15, -0.1) is 11.3 Å². The molecule has 1 heterocycles. The standard InChI is InChI=1S/C19H21NO4S/c1-12-7-9-25-18(12)15-10-16(15)19(23)20-8-6-13-2-4-14(5-3-13)24-11-17(21)22/h2-5,7,9,15-16H,6,8,10-11H2,1H3,(H,20,23)(H,21,22). The van der Waals surface area contributed by atoms with E-state index < -0.39 is 5.97 Å². The maximum Gasteiger partial charge on any atom is 0.341 e. The summed E-state index contributed by atoms with van der Waals surface area (Å²) in [5, 5.41) is 13.7. The maximum atomic E-state index is 12.2. The van der Waals surface area contributed by atoms with Crippen molar-refractivity contribution in [2.45, 2.75) is 25.7 Å². The quantitative estimate of drug-likeness (QED) is 0.760. The number of benzene rings is 1. The molecule has 25 heavy (non-hydrogen) atoms. The number of aryl methyl sites for hydroxylation is 1. The number of rotatable bonds is 8. The van der Waals surface area contributed by atoms with Crippen LogP contribution in [0.25, 0.3) is 0 Å². The summed E-state index contributed by atoms with van der Waals surface area (Å²) in [6, 6.07) is 9.38. The summed E-state index contributed by atoms with van der Waals surface area (Å²) in [5.74, 6) is 0.180. The number of carboxylic acids is 1. The molecule has 5 nitrogen and oxygen atoms in total. The predicted octanol–water partition coefficient (Wildman–Crippen LogP) is 2.98. The summed E-state index contributed by atoms with van der Waals surface area (Å²) >= 11 is 1.74. The minimum atomic E-state index is -0.997. The molecule has 1 aromatic carbocycles. The van der Waals surface area contributed by atoms with E-state index in [1.165, 1.54) is 10.4 Å². The molecule has 1 saturated carbocycles. The molecule has 2 aromatic rings. The molecule has 1 aromatic heterocycles. The molecule has 1 fully saturated rings. The van der Waals surface area contributed by atoms with Gasteiger partial charge < -0.3 is 15.2 Å². The third-order valence-corrected chi connectivity index (χ3v) is 5.52. The van der Waals surface area contributed by atoms with E-state index in [0.717, 1.165) is 18.4 Å². The van der Waals surface area contributed by atoms with Crippen molar-refractivity contribution < 1.29 is 19.4 Å². The Balaban J connectivity index is 1.40. The van der Waals surface area contributed by atoms with Crippen molar-refractivity contribution in [1.82, 2.24) is 5.32 Å². The molecule has 0 spiro atoms. The Morgan fingerprint density at radius 3 is 2.68 bits per heavy atom. The molecule has 3 rings (SSSR count). The van der Waals surface area contributed by atoms with Gasteiger partial charge in [0.15, 0.2) is 6.61 Å². The highest BCUT2D eigenvalue weighted by Gasteiger charge is 2.45. The number of amides is 1. The van der Waals surface area contributed by atoms with Crippen LogP contribution in [0.5, 0.6) is 5.75 Å². The topological polar surface area (TPSA) is 75.6 Å². The summed E-state index contributed by atoms with van der Waals surface area (Å²) < 4.78 is 5.09. The first-order valence-electron chi connectivity index (χ1n) is 8.30. The van der Waals surface area contributed by atoms with Crippen molar-refractivity contribution in [2.24, 2.45) is 5.92 Å². The minimum Gasteiger partial charge on any atom is -0.482 e. The maximum absolute atomic E-state index is 12.2. The minimum absolute atomic E-state index is 0.115. The van der Waals surface area contributed by atoms with Gasteiger partial charge in [0.2, 0.25) is 5.91 Å². The van der Waals surface area contributed by atoms with Crippen molar-refractivity contribution >= 4 is 23.2 Å². The van der Waals surface area contributed by atoms with Crippen LogP contribution in [0.3, 0.4) is 0 Å². The molecule has 0 saturated heterocycles. The molecular weight excluding hydrogens is 338 g/mol. The van der Waals surface area contributed by atoms with E-state index in [9.17, 15) is 9.59 Å². The van der Waals surface area contributed by atoms with Gasteiger partial charge in [0.25, 0.3) is 0 Å². The highest BCUT2D eigenvalue weighted by Crippen LogP contribution is 2.50. The highest BCUT2D eigenvalue weighted by atomic mass is 32.1. The number of carbonyl (C=O) groups excluding carboxylic acids is 1. The van der Waals surface area contributed by atoms with Gasteiger partial charge in [0, 0.05) is 23.3 Å². The number of hydrogen-bond donors (Lipinski definition) is 2. The molecule has 1 amide bonds. The average molecular weight is 359 g/mol. The normalized spacial score (nSPS) is 18.6. The van der Waals surface area contributed by atoms with Crippen molar-refractivity contribution in [2.75, 3.05) is 13.2 Å². The summed E-state index contributed by atoms with van der Waals surface area (Å²) in [7, 11) is 0. The van der Waals surface area contributed by atoms with Crippen molar-refractivity contribution in [1.29, 1.82) is 0 Å². The summed E-state index contributed by atoms with van der Waals surface area (Å²) in [4.78, 5) is 24.0. The molecule has 6 heteroatoms. The lowest BCUT2D eigenvalue weighted by molar-refractivity contribution is -0.139. The second-order valence-electron chi connectivity index (χ2n) is 6.28. The van der Waals surface area contributed by atoms with Crippen LogP contribution in [-0.2, 0) is 16.0 Å². The fourth-order valence-corrected chi connectivity index (χ4v) is 4.01. The lowest BCUT2D eigenvalue weighted by atomic mass is 10.1. The molecule has 2 unspecified atom stereocenters. The van der Waals surface area contributed by atoms with E-state index in [4.69, 9.17) is 9.84 Å². The van der Waals surface area contributed by atoms with Crippen LogP contribution in [0.1, 0.15) is 28.3 Å². The van der Waals surface area contributed by atoms with Crippen LogP contribution in [-0.4, -0.2) is 30.1 Å². The molecular formula is C19H21NO4S. The van der Waals surface area contributed by atoms with Gasteiger partial charge in [-0.1, -0.05) is 12.1 Å². The predicted molar refractivity (Wildman–Crippen MR) is 96.2 cm³/mol. The number of carboxylic acid groups (broad SMARTS) is 1. The zero-order valence-corrected chi connectivity index (χ0v) is 14.8. The van der Waals surface area contributed by atoms with Gasteiger partial charge >= 0.3 is 5.97 Å². The van der Waals surface area contributed by atoms with E-state index >= 15 is 0 Å². The van der Waals surface area contributed by atoms with Crippen molar-refractivity contribution in [3.05, 3.63) is 51.7 Å². The molecule has 2 atom stereocenters. The Labute approximate surface area is 150 Å². The Hall–Kier alpha value is -2.34. The highest BCUT2D eigenvalue weighted by molar-refractivity contribution is 7.10. The summed E-state index contributed by atoms with van der Waals surface area (Å²) in [6.07, 6.45) is 1.68. The van der Waals surface area contributed by atoms with Crippen LogP contribution in [0.4, 0.5) is 0 Å². The van der Waals surface area contributed by atoms with Crippen LogP contribution in [0.15, 0.2) is 35.7 Å². The fourth-order valence-electron chi connectivity index (χ4n) is 2.90. The van der Waals surface area contributed by atoms with Crippen LogP contribution >= 0.6 is 11.3 Å². The van der Waals surface area contributed by atoms with Crippen LogP contribution in [0, 0.1) is 12.8 Å². The first-order valence-corrected chi connectivity index (χ1v) is 9.18. The Morgan fingerprint density at radius 2 is 2.04 bits per heavy atom. The molecule has 2 N–H and O–H groups in total. The smallest absolute Gasteiger partial charge is 0.341 e. The number of thiophene rings is 1. The number of hydrogen-bond acceptors (Lipinski definition) is 4. The second-order valence-corrected chi connectivity index (χ2v) is 7.23. The zero-order chi connectivity index (χ0) is 17.8. The van der Waals surface area contributed by atoms with Gasteiger partial charge in [-0.05, 0) is 54.5 Å². The van der Waals surface area contributed by atoms with E-state index in [1.807, 2.05) is 12.1 Å². The van der Waals surface area contributed by atoms with Crippen molar-refractivity contribution in [3.63, 3.8) is 0 Å². The Bertz CT molecular complexity index is 753. The molecule has 1 aliphatic carbocycles. The Kier molecular flexibility index (Phi) is 5.38. The Morgan fingerprint density at radius 1 is 1.28 bits per heavy atom. The van der Waals surface area contributed by atoms with Gasteiger partial charge in [-0.3, -0.25) is 4.79 Å². The van der Waals surface area contributed by atoms with E-state index in [1.54, 1.807) is 23.5 Å². The average Bonchev–Trinajstić information content (AvgIpc) is 3.28. The third kappa shape index (κ3) is 4.60. The molecule has 0 radical (unpaired) electrons. The monoisotopic (exact) mass is 359 g/mol. The van der Waals surface area contributed by atoms with E-state index in [2.05, 4.69) is 23.7 Å². The number of aliphatic carboxylic acids is 1. The van der Waals surface area contributed by atoms with Gasteiger partial charge in [-0.25, -0.2) is 4.79 Å². The van der Waals surface area contributed by atoms with Crippen LogP contribution in [0.2, 0.25) is 0 Å². The summed E-state index contributed by atoms with van der Waals surface area (Å²) in [6.45, 7) is 2.35. The molecule has 1 aliphatic rings. The van der Waals surface area contributed by atoms with E-state index in [0.29, 0.717) is 18.2 Å². The molecule has 0 bridgehead atoms. The van der Waals surface area contributed by atoms with Gasteiger partial charge in [0.05, 0.1) is 0 Å². The third-order valence-electron chi connectivity index (χ3n) is 4.36. The number of carbonyl (C=O) groups is 2. The molecule has 132 valence electrons. The SMILES string of the molecule is Cc1ccsc1C1CC1C(=O)NCCc1ccc(OCC(=O)O)cc1. The lowest BCUT2D eigenvalue weighted by Crippen LogP contribution is -2.27. The van der Waals surface area contributed by atoms with Crippen LogP contribution < -0.4 is 10.1 Å². The molecule has 0 aliphatic heterocycles. The zero-order valence-electron chi connectivity index (χ0n) is 14.0. The van der Waals surface area contributed by atoms with E-state index in [-0.39, 0.29) is 18.4 Å². The van der Waals surface area contributed by atoms with Gasteiger partial charge in [-0.2, -0.15) is 0 Å². The number of ether oxygens (including phenoxy) is 1. The first-order chi connectivity index (χ1) is 12.0. The fraction of sp³-hybridized carbons (Fsp3) is 0.368. The lowest BCUT2D eigenvalue weighted by Gasteiger charge is -2.07.